The number of aromatic carboxylic acids is 1. The minimum atomic E-state index is -1.46. The average Bonchev–Trinajstić information content (AvgIpc) is 3.24. The van der Waals surface area contributed by atoms with Crippen molar-refractivity contribution < 1.29 is 24.1 Å². The second-order valence-corrected chi connectivity index (χ2v) is 8.38. The summed E-state index contributed by atoms with van der Waals surface area (Å²) >= 11 is 0. The number of methoxy groups -OCH3 is 1. The molecule has 7 nitrogen and oxygen atoms in total. The highest BCUT2D eigenvalue weighted by atomic mass is 19.1. The molecule has 194 valence electrons. The van der Waals surface area contributed by atoms with Gasteiger partial charge < -0.3 is 30.7 Å². The Morgan fingerprint density at radius 1 is 1.14 bits per heavy atom. The van der Waals surface area contributed by atoms with Gasteiger partial charge in [0, 0.05) is 41.2 Å². The van der Waals surface area contributed by atoms with Crippen LogP contribution in [0.2, 0.25) is 0 Å². The molecular weight excluding hydrogens is 473 g/mol. The summed E-state index contributed by atoms with van der Waals surface area (Å²) in [5, 5.41) is 29.7. The van der Waals surface area contributed by atoms with Crippen molar-refractivity contribution in [3.05, 3.63) is 83.3 Å². The van der Waals surface area contributed by atoms with E-state index < -0.39 is 17.4 Å². The van der Waals surface area contributed by atoms with E-state index in [9.17, 15) is 19.4 Å². The standard InChI is InChI=1S/C27H26FN3O4.C2H6/c1-3-27(34,15-35-2)25-24(16-4-6-17(7-5-16)26(32)33)21-13-22(30)18(14-29)12-23(21)31(25)20-10-8-19(28)9-11-20;1-2/h4-14,29,34H,3,15,30H2,1-2H3,(H,32,33);1-2H3. The van der Waals surface area contributed by atoms with Gasteiger partial charge in [-0.15, -0.1) is 0 Å². The minimum absolute atomic E-state index is 0.0197. The zero-order chi connectivity index (χ0) is 27.3. The normalized spacial score (nSPS) is 12.5. The predicted molar refractivity (Wildman–Crippen MR) is 145 cm³/mol. The number of carboxylic acid groups (broad SMARTS) is 1. The van der Waals surface area contributed by atoms with E-state index >= 15 is 0 Å². The number of benzene rings is 3. The Labute approximate surface area is 215 Å². The molecule has 0 spiro atoms. The van der Waals surface area contributed by atoms with Crippen LogP contribution in [0.5, 0.6) is 0 Å². The molecule has 0 aliphatic carbocycles. The minimum Gasteiger partial charge on any atom is -0.478 e. The molecule has 0 bridgehead atoms. The number of anilines is 1. The van der Waals surface area contributed by atoms with E-state index in [2.05, 4.69) is 0 Å². The molecule has 0 aliphatic heterocycles. The van der Waals surface area contributed by atoms with E-state index in [0.717, 1.165) is 6.21 Å². The van der Waals surface area contributed by atoms with Gasteiger partial charge in [0.1, 0.15) is 11.4 Å². The summed E-state index contributed by atoms with van der Waals surface area (Å²) in [5.41, 5.74) is 8.85. The summed E-state index contributed by atoms with van der Waals surface area (Å²) in [6, 6.07) is 15.7. The number of hydrogen-bond acceptors (Lipinski definition) is 5. The monoisotopic (exact) mass is 505 g/mol. The molecule has 0 aliphatic rings. The fraction of sp³-hybridized carbons (Fsp3) is 0.241. The number of carboxylic acids is 1. The van der Waals surface area contributed by atoms with Gasteiger partial charge in [0.2, 0.25) is 0 Å². The first kappa shape index (κ1) is 27.6. The van der Waals surface area contributed by atoms with Crippen molar-refractivity contribution in [1.29, 1.82) is 5.41 Å². The number of halogens is 1. The molecule has 4 rings (SSSR count). The fourth-order valence-corrected chi connectivity index (χ4v) is 4.44. The van der Waals surface area contributed by atoms with E-state index in [0.29, 0.717) is 51.1 Å². The largest absolute Gasteiger partial charge is 0.478 e. The Hall–Kier alpha value is -4.01. The number of ether oxygens (including phenoxy) is 1. The number of hydrogen-bond donors (Lipinski definition) is 4. The summed E-state index contributed by atoms with van der Waals surface area (Å²) in [6.07, 6.45) is 1.45. The number of aliphatic hydroxyl groups is 1. The van der Waals surface area contributed by atoms with Crippen LogP contribution in [0.3, 0.4) is 0 Å². The number of nitrogens with one attached hydrogen (secondary N) is 1. The Morgan fingerprint density at radius 2 is 1.76 bits per heavy atom. The van der Waals surface area contributed by atoms with Crippen LogP contribution in [0, 0.1) is 11.2 Å². The zero-order valence-electron chi connectivity index (χ0n) is 21.4. The van der Waals surface area contributed by atoms with Crippen molar-refractivity contribution in [2.45, 2.75) is 32.8 Å². The van der Waals surface area contributed by atoms with Gasteiger partial charge in [0.25, 0.3) is 0 Å². The van der Waals surface area contributed by atoms with Crippen molar-refractivity contribution in [2.75, 3.05) is 19.5 Å². The summed E-state index contributed by atoms with van der Waals surface area (Å²) in [7, 11) is 1.50. The highest BCUT2D eigenvalue weighted by molar-refractivity contribution is 6.05. The van der Waals surface area contributed by atoms with E-state index in [1.807, 2.05) is 25.3 Å². The van der Waals surface area contributed by atoms with Crippen molar-refractivity contribution in [3.8, 4) is 16.8 Å². The first-order valence-corrected chi connectivity index (χ1v) is 12.0. The highest BCUT2D eigenvalue weighted by Gasteiger charge is 2.36. The molecule has 1 atom stereocenters. The zero-order valence-corrected chi connectivity index (χ0v) is 21.4. The molecule has 0 saturated carbocycles. The lowest BCUT2D eigenvalue weighted by atomic mass is 9.89. The van der Waals surface area contributed by atoms with Crippen molar-refractivity contribution in [3.63, 3.8) is 0 Å². The van der Waals surface area contributed by atoms with Crippen LogP contribution >= 0.6 is 0 Å². The van der Waals surface area contributed by atoms with Gasteiger partial charge in [0.05, 0.1) is 23.4 Å². The smallest absolute Gasteiger partial charge is 0.335 e. The maximum Gasteiger partial charge on any atom is 0.335 e. The SMILES string of the molecule is CC.CCC(O)(COC)c1c(-c2ccc(C(=O)O)cc2)c2cc(N)c(C=N)cc2n1-c1ccc(F)cc1. The first-order chi connectivity index (χ1) is 17.7. The average molecular weight is 506 g/mol. The predicted octanol–water partition coefficient (Wildman–Crippen LogP) is 5.98. The Kier molecular flexibility index (Phi) is 8.47. The van der Waals surface area contributed by atoms with Crippen LogP contribution in [0.1, 0.15) is 48.8 Å². The number of carbonyl (C=O) groups is 1. The van der Waals surface area contributed by atoms with Gasteiger partial charge in [-0.1, -0.05) is 32.9 Å². The van der Waals surface area contributed by atoms with Gasteiger partial charge >= 0.3 is 5.97 Å². The summed E-state index contributed by atoms with van der Waals surface area (Å²) in [5.74, 6) is -1.45. The van der Waals surface area contributed by atoms with E-state index in [-0.39, 0.29) is 12.2 Å². The molecule has 0 fully saturated rings. The van der Waals surface area contributed by atoms with Crippen LogP contribution in [0.4, 0.5) is 10.1 Å². The van der Waals surface area contributed by atoms with Crippen LogP contribution in [0.25, 0.3) is 27.7 Å². The van der Waals surface area contributed by atoms with E-state index in [1.165, 1.54) is 31.4 Å². The molecule has 0 saturated heterocycles. The molecule has 5 N–H and O–H groups in total. The van der Waals surface area contributed by atoms with Crippen LogP contribution in [0.15, 0.2) is 60.7 Å². The number of nitrogens with zero attached hydrogens (tertiary/aromatic N) is 1. The molecule has 1 heterocycles. The topological polar surface area (TPSA) is 122 Å². The number of nitrogen functional groups attached to an aromatic ring is 1. The number of nitrogens with two attached hydrogens (primary N) is 1. The molecule has 3 aromatic carbocycles. The Bertz CT molecular complexity index is 1410. The second-order valence-electron chi connectivity index (χ2n) is 8.38. The molecule has 0 radical (unpaired) electrons. The van der Waals surface area contributed by atoms with Gasteiger partial charge in [-0.3, -0.25) is 0 Å². The van der Waals surface area contributed by atoms with Crippen molar-refractivity contribution >= 4 is 28.8 Å². The van der Waals surface area contributed by atoms with Gasteiger partial charge in [0.15, 0.2) is 0 Å². The van der Waals surface area contributed by atoms with Crippen LogP contribution in [-0.4, -0.2) is 40.7 Å². The van der Waals surface area contributed by atoms with Crippen LogP contribution < -0.4 is 5.73 Å². The molecule has 8 heteroatoms. The maximum atomic E-state index is 13.8. The number of aromatic nitrogens is 1. The lowest BCUT2D eigenvalue weighted by Gasteiger charge is -2.29. The third-order valence-electron chi connectivity index (χ3n) is 6.24. The fourth-order valence-electron chi connectivity index (χ4n) is 4.44. The highest BCUT2D eigenvalue weighted by Crippen LogP contribution is 2.44. The quantitative estimate of drug-likeness (QED) is 0.173. The Morgan fingerprint density at radius 3 is 2.27 bits per heavy atom. The number of fused-ring (bicyclic) bond motifs is 1. The third-order valence-corrected chi connectivity index (χ3v) is 6.24. The summed E-state index contributed by atoms with van der Waals surface area (Å²) < 4.78 is 21.0. The second kappa shape index (κ2) is 11.4. The van der Waals surface area contributed by atoms with Crippen molar-refractivity contribution in [1.82, 2.24) is 4.57 Å². The van der Waals surface area contributed by atoms with Gasteiger partial charge in [-0.25, -0.2) is 9.18 Å². The summed E-state index contributed by atoms with van der Waals surface area (Å²) in [6.45, 7) is 5.81. The molecular formula is C29H32FN3O4. The maximum absolute atomic E-state index is 13.8. The third kappa shape index (κ3) is 5.12. The lowest BCUT2D eigenvalue weighted by Crippen LogP contribution is -2.33. The van der Waals surface area contributed by atoms with Crippen LogP contribution in [-0.2, 0) is 10.3 Å². The first-order valence-electron chi connectivity index (χ1n) is 12.0. The van der Waals surface area contributed by atoms with Gasteiger partial charge in [-0.05, 0) is 60.5 Å². The van der Waals surface area contributed by atoms with Gasteiger partial charge in [-0.2, -0.15) is 0 Å². The molecule has 1 aromatic heterocycles. The molecule has 37 heavy (non-hydrogen) atoms. The van der Waals surface area contributed by atoms with Crippen molar-refractivity contribution in [2.24, 2.45) is 0 Å². The van der Waals surface area contributed by atoms with E-state index in [4.69, 9.17) is 15.9 Å². The number of rotatable bonds is 8. The molecule has 1 unspecified atom stereocenters. The lowest BCUT2D eigenvalue weighted by molar-refractivity contribution is -0.0422. The Balaban J connectivity index is 0.00000186. The molecule has 4 aromatic rings. The molecule has 0 amide bonds. The summed E-state index contributed by atoms with van der Waals surface area (Å²) in [4.78, 5) is 11.4. The van der Waals surface area contributed by atoms with E-state index in [1.54, 1.807) is 36.4 Å².